The standard InChI is InChI=1S/C32H39BN4O7/c1-21(2)17-30(33(41)42)37-31(39)26-18-23-7-12-25(13-8-23)44-16-4-3-15-43-24-10-5-22(6-11-24)9-14-29(38)27-19-34-20-28(35-27)32(40)36-26/h5-8,10-13,19-21,26,30,41-42H,3-4,9,14-18H2,1-2H3,(H,36,40)(H,37,39). The van der Waals surface area contributed by atoms with Gasteiger partial charge in [-0.15, -0.1) is 0 Å². The van der Waals surface area contributed by atoms with Gasteiger partial charge in [0, 0.05) is 12.8 Å². The van der Waals surface area contributed by atoms with E-state index < -0.39 is 30.9 Å². The van der Waals surface area contributed by atoms with Crippen LogP contribution < -0.4 is 20.1 Å². The Bertz CT molecular complexity index is 1400. The molecular formula is C32H39BN4O7. The van der Waals surface area contributed by atoms with E-state index in [1.807, 2.05) is 38.1 Å². The number of hydrogen-bond acceptors (Lipinski definition) is 9. The van der Waals surface area contributed by atoms with Crippen molar-refractivity contribution in [3.8, 4) is 11.5 Å². The lowest BCUT2D eigenvalue weighted by Crippen LogP contribution is -2.55. The van der Waals surface area contributed by atoms with Crippen molar-refractivity contribution in [2.75, 3.05) is 13.2 Å². The van der Waals surface area contributed by atoms with Gasteiger partial charge in [-0.3, -0.25) is 19.4 Å². The van der Waals surface area contributed by atoms with Gasteiger partial charge < -0.3 is 30.2 Å². The first-order valence-electron chi connectivity index (χ1n) is 14.9. The number of Topliss-reactive ketones (excluding diaryl/α,β-unsaturated/α-hetero) is 1. The van der Waals surface area contributed by atoms with Gasteiger partial charge in [0.1, 0.15) is 28.9 Å². The van der Waals surface area contributed by atoms with Crippen molar-refractivity contribution in [3.63, 3.8) is 0 Å². The second kappa shape index (κ2) is 16.0. The lowest BCUT2D eigenvalue weighted by molar-refractivity contribution is -0.123. The van der Waals surface area contributed by atoms with E-state index in [0.29, 0.717) is 31.8 Å². The molecule has 11 nitrogen and oxygen atoms in total. The molecule has 2 amide bonds. The zero-order valence-corrected chi connectivity index (χ0v) is 25.1. The van der Waals surface area contributed by atoms with Crippen LogP contribution in [0.25, 0.3) is 0 Å². The van der Waals surface area contributed by atoms with Crippen molar-refractivity contribution in [2.45, 2.75) is 64.4 Å². The number of ether oxygens (including phenoxy) is 2. The smallest absolute Gasteiger partial charge is 0.475 e. The Balaban J connectivity index is 1.58. The Morgan fingerprint density at radius 1 is 0.932 bits per heavy atom. The predicted octanol–water partition coefficient (Wildman–Crippen LogP) is 2.73. The van der Waals surface area contributed by atoms with Crippen molar-refractivity contribution in [3.05, 3.63) is 83.4 Å². The second-order valence-electron chi connectivity index (χ2n) is 11.3. The summed E-state index contributed by atoms with van der Waals surface area (Å²) < 4.78 is 11.7. The average Bonchev–Trinajstić information content (AvgIpc) is 3.01. The van der Waals surface area contributed by atoms with Crippen molar-refractivity contribution in [1.29, 1.82) is 0 Å². The first-order chi connectivity index (χ1) is 21.2. The molecule has 2 aromatic carbocycles. The molecule has 4 N–H and O–H groups in total. The van der Waals surface area contributed by atoms with Crippen molar-refractivity contribution in [2.24, 2.45) is 5.92 Å². The molecule has 0 saturated carbocycles. The minimum Gasteiger partial charge on any atom is -0.494 e. The highest BCUT2D eigenvalue weighted by molar-refractivity contribution is 6.43. The number of nitrogens with zero attached hydrogens (tertiary/aromatic N) is 2. The van der Waals surface area contributed by atoms with Gasteiger partial charge in [0.2, 0.25) is 5.91 Å². The molecule has 4 aliphatic heterocycles. The molecule has 5 heterocycles. The number of ketones is 1. The number of carbonyl (C=O) groups is 3. The molecular weight excluding hydrogens is 563 g/mol. The summed E-state index contributed by atoms with van der Waals surface area (Å²) in [5.41, 5.74) is 1.63. The third-order valence-corrected chi connectivity index (χ3v) is 7.19. The van der Waals surface area contributed by atoms with E-state index in [1.165, 1.54) is 12.4 Å². The van der Waals surface area contributed by atoms with E-state index in [1.54, 1.807) is 24.3 Å². The zero-order chi connectivity index (χ0) is 31.5. The van der Waals surface area contributed by atoms with Crippen LogP contribution in [0.4, 0.5) is 0 Å². The third-order valence-electron chi connectivity index (χ3n) is 7.19. The first-order valence-corrected chi connectivity index (χ1v) is 14.9. The highest BCUT2D eigenvalue weighted by Gasteiger charge is 2.30. The minimum absolute atomic E-state index is 0.0454. The van der Waals surface area contributed by atoms with Gasteiger partial charge in [-0.2, -0.15) is 0 Å². The van der Waals surface area contributed by atoms with Gasteiger partial charge in [0.25, 0.3) is 5.91 Å². The predicted molar refractivity (Wildman–Crippen MR) is 164 cm³/mol. The van der Waals surface area contributed by atoms with Crippen molar-refractivity contribution in [1.82, 2.24) is 20.6 Å². The lowest BCUT2D eigenvalue weighted by atomic mass is 9.75. The van der Waals surface area contributed by atoms with Crippen LogP contribution in [0.3, 0.4) is 0 Å². The molecule has 0 saturated heterocycles. The van der Waals surface area contributed by atoms with E-state index in [4.69, 9.17) is 9.47 Å². The fourth-order valence-corrected chi connectivity index (χ4v) is 4.78. The molecule has 44 heavy (non-hydrogen) atoms. The highest BCUT2D eigenvalue weighted by atomic mass is 16.5. The molecule has 6 bridgehead atoms. The molecule has 3 aromatic rings. The van der Waals surface area contributed by atoms with Gasteiger partial charge in [0.15, 0.2) is 5.78 Å². The van der Waals surface area contributed by atoms with Crippen molar-refractivity contribution < 1.29 is 33.9 Å². The van der Waals surface area contributed by atoms with E-state index in [9.17, 15) is 24.4 Å². The lowest BCUT2D eigenvalue weighted by Gasteiger charge is -2.24. The molecule has 7 rings (SSSR count). The number of carbonyl (C=O) groups excluding carboxylic acids is 3. The second-order valence-corrected chi connectivity index (χ2v) is 11.3. The van der Waals surface area contributed by atoms with Crippen LogP contribution in [0.1, 0.15) is 71.6 Å². The number of nitrogens with one attached hydrogen (secondary N) is 2. The molecule has 1 aromatic heterocycles. The largest absolute Gasteiger partial charge is 0.494 e. The molecule has 2 atom stereocenters. The number of hydrogen-bond donors (Lipinski definition) is 4. The van der Waals surface area contributed by atoms with Gasteiger partial charge in [-0.1, -0.05) is 38.1 Å². The van der Waals surface area contributed by atoms with Gasteiger partial charge in [-0.05, 0) is 67.0 Å². The summed E-state index contributed by atoms with van der Waals surface area (Å²) in [6.45, 7) is 4.86. The Hall–Kier alpha value is -4.29. The molecule has 0 radical (unpaired) electrons. The number of aromatic nitrogens is 2. The maximum absolute atomic E-state index is 13.4. The van der Waals surface area contributed by atoms with E-state index in [-0.39, 0.29) is 35.9 Å². The van der Waals surface area contributed by atoms with Crippen LogP contribution in [0.5, 0.6) is 11.5 Å². The topological polar surface area (TPSA) is 160 Å². The fraction of sp³-hybridized carbons (Fsp3) is 0.406. The normalized spacial score (nSPS) is 17.2. The quantitative estimate of drug-likeness (QED) is 0.322. The number of amides is 2. The third kappa shape index (κ3) is 9.89. The molecule has 0 aliphatic carbocycles. The summed E-state index contributed by atoms with van der Waals surface area (Å²) in [5, 5.41) is 25.1. The SMILES string of the molecule is CC(C)CC(NC(=O)C1Cc2ccc(cc2)OCCCCOc2ccc(cc2)CCC(=O)c2cncc(n2)C(=O)N1)B(O)O. The van der Waals surface area contributed by atoms with Crippen LogP contribution in [0.2, 0.25) is 0 Å². The van der Waals surface area contributed by atoms with E-state index in [2.05, 4.69) is 20.6 Å². The van der Waals surface area contributed by atoms with Crippen LogP contribution in [0, 0.1) is 5.92 Å². The van der Waals surface area contributed by atoms with Crippen LogP contribution in [-0.2, 0) is 17.6 Å². The van der Waals surface area contributed by atoms with E-state index in [0.717, 1.165) is 29.7 Å². The molecule has 4 aliphatic rings. The number of aryl methyl sites for hydroxylation is 1. The number of rotatable bonds is 5. The Kier molecular flexibility index (Phi) is 11.8. The highest BCUT2D eigenvalue weighted by Crippen LogP contribution is 2.17. The molecule has 232 valence electrons. The fourth-order valence-electron chi connectivity index (χ4n) is 4.78. The molecule has 2 unspecified atom stereocenters. The molecule has 12 heteroatoms. The van der Waals surface area contributed by atoms with Gasteiger partial charge in [0.05, 0.1) is 31.5 Å². The minimum atomic E-state index is -1.78. The van der Waals surface area contributed by atoms with Crippen LogP contribution in [-0.4, -0.2) is 69.9 Å². The monoisotopic (exact) mass is 602 g/mol. The van der Waals surface area contributed by atoms with Gasteiger partial charge in [-0.25, -0.2) is 4.98 Å². The Morgan fingerprint density at radius 2 is 1.52 bits per heavy atom. The molecule has 0 fully saturated rings. The summed E-state index contributed by atoms with van der Waals surface area (Å²) in [6, 6.07) is 13.7. The van der Waals surface area contributed by atoms with Gasteiger partial charge >= 0.3 is 7.12 Å². The zero-order valence-electron chi connectivity index (χ0n) is 25.1. The van der Waals surface area contributed by atoms with Crippen molar-refractivity contribution >= 4 is 24.7 Å². The summed E-state index contributed by atoms with van der Waals surface area (Å²) in [5.74, 6) is -0.984. The van der Waals surface area contributed by atoms with E-state index >= 15 is 0 Å². The Labute approximate surface area is 257 Å². The summed E-state index contributed by atoms with van der Waals surface area (Å²) in [4.78, 5) is 47.9. The number of benzene rings is 2. The van der Waals surface area contributed by atoms with Crippen LogP contribution in [0.15, 0.2) is 60.9 Å². The summed E-state index contributed by atoms with van der Waals surface area (Å²) >= 11 is 0. The molecule has 0 spiro atoms. The summed E-state index contributed by atoms with van der Waals surface area (Å²) in [6.07, 6.45) is 5.23. The maximum atomic E-state index is 13.4. The Morgan fingerprint density at radius 3 is 2.11 bits per heavy atom. The average molecular weight is 602 g/mol. The maximum Gasteiger partial charge on any atom is 0.475 e. The first kappa shape index (κ1) is 32.6. The van der Waals surface area contributed by atoms with Crippen LogP contribution >= 0.6 is 0 Å². The summed E-state index contributed by atoms with van der Waals surface area (Å²) in [7, 11) is -1.78.